The number of anilines is 1. The van der Waals surface area contributed by atoms with Gasteiger partial charge in [-0.15, -0.1) is 0 Å². The number of carbonyl (C=O) groups is 3. The van der Waals surface area contributed by atoms with Crippen LogP contribution in [-0.4, -0.2) is 62.9 Å². The smallest absolute Gasteiger partial charge is 0.407 e. The summed E-state index contributed by atoms with van der Waals surface area (Å²) >= 11 is 0. The number of imide groups is 1. The number of hydrogen-bond donors (Lipinski definition) is 2. The number of hydrogen-bond acceptors (Lipinski definition) is 5. The Morgan fingerprint density at radius 3 is 2.52 bits per heavy atom. The number of piperazine rings is 1. The molecule has 0 radical (unpaired) electrons. The lowest BCUT2D eigenvalue weighted by molar-refractivity contribution is -0.134. The Balaban J connectivity index is 1.64. The highest BCUT2D eigenvalue weighted by Crippen LogP contribution is 2.33. The lowest BCUT2D eigenvalue weighted by atomic mass is 9.92. The van der Waals surface area contributed by atoms with Gasteiger partial charge in [-0.1, -0.05) is 0 Å². The molecule has 2 saturated heterocycles. The summed E-state index contributed by atoms with van der Waals surface area (Å²) in [5.41, 5.74) is 2.60. The standard InChI is InChI=1S/C20H25N5O4/c1-11-9-24(10-12(2)25(11)20(28)29)13-4-5-14-16(8-13)23(3)22-18(14)15-6-7-17(26)21-19(15)27/h4-5,8,11-12,15H,6-7,9-10H2,1-3H3,(H,28,29)(H,21,26,27)/t11-,12-,15?/m0/s1. The van der Waals surface area contributed by atoms with E-state index in [1.54, 1.807) is 4.68 Å². The Morgan fingerprint density at radius 2 is 1.90 bits per heavy atom. The Morgan fingerprint density at radius 1 is 1.21 bits per heavy atom. The summed E-state index contributed by atoms with van der Waals surface area (Å²) in [6, 6.07) is 5.77. The number of fused-ring (bicyclic) bond motifs is 1. The van der Waals surface area contributed by atoms with Crippen molar-refractivity contribution < 1.29 is 19.5 Å². The Kier molecular flexibility index (Phi) is 4.68. The maximum atomic E-state index is 12.3. The number of amides is 3. The molecule has 0 aliphatic carbocycles. The third-order valence-corrected chi connectivity index (χ3v) is 5.94. The molecule has 154 valence electrons. The van der Waals surface area contributed by atoms with Crippen LogP contribution in [0.2, 0.25) is 0 Å². The summed E-state index contributed by atoms with van der Waals surface area (Å²) in [5.74, 6) is -0.961. The second-order valence-electron chi connectivity index (χ2n) is 8.01. The highest BCUT2D eigenvalue weighted by molar-refractivity contribution is 6.02. The molecule has 4 rings (SSSR count). The average Bonchev–Trinajstić information content (AvgIpc) is 2.97. The zero-order chi connectivity index (χ0) is 20.9. The number of carboxylic acid groups (broad SMARTS) is 1. The van der Waals surface area contributed by atoms with Crippen LogP contribution in [0.4, 0.5) is 10.5 Å². The van der Waals surface area contributed by atoms with E-state index in [4.69, 9.17) is 0 Å². The maximum Gasteiger partial charge on any atom is 0.407 e. The summed E-state index contributed by atoms with van der Waals surface area (Å²) in [5, 5.41) is 17.3. The molecule has 2 aromatic rings. The molecular formula is C20H25N5O4. The van der Waals surface area contributed by atoms with E-state index in [1.807, 2.05) is 39.1 Å². The molecule has 3 amide bonds. The number of aromatic nitrogens is 2. The Bertz CT molecular complexity index is 988. The summed E-state index contributed by atoms with van der Waals surface area (Å²) in [7, 11) is 1.84. The SMILES string of the molecule is C[C@H]1CN(c2ccc3c(C4CCC(=O)NC4=O)nn(C)c3c2)C[C@H](C)N1C(=O)O. The first kappa shape index (κ1) is 19.2. The zero-order valence-corrected chi connectivity index (χ0v) is 16.8. The third kappa shape index (κ3) is 3.30. The van der Waals surface area contributed by atoms with Gasteiger partial charge in [0.15, 0.2) is 0 Å². The van der Waals surface area contributed by atoms with Crippen molar-refractivity contribution in [3.63, 3.8) is 0 Å². The van der Waals surface area contributed by atoms with E-state index in [1.165, 1.54) is 4.90 Å². The van der Waals surface area contributed by atoms with Gasteiger partial charge in [-0.2, -0.15) is 5.10 Å². The number of nitrogens with zero attached hydrogens (tertiary/aromatic N) is 4. The second kappa shape index (κ2) is 7.06. The van der Waals surface area contributed by atoms with Gasteiger partial charge in [0, 0.05) is 37.6 Å². The third-order valence-electron chi connectivity index (χ3n) is 5.94. The van der Waals surface area contributed by atoms with Crippen LogP contribution in [-0.2, 0) is 16.6 Å². The lowest BCUT2D eigenvalue weighted by Crippen LogP contribution is -2.58. The van der Waals surface area contributed by atoms with Crippen molar-refractivity contribution in [1.82, 2.24) is 20.0 Å². The van der Waals surface area contributed by atoms with Crippen molar-refractivity contribution >= 4 is 34.5 Å². The summed E-state index contributed by atoms with van der Waals surface area (Å²) in [6.45, 7) is 5.06. The van der Waals surface area contributed by atoms with E-state index >= 15 is 0 Å². The quantitative estimate of drug-likeness (QED) is 0.744. The summed E-state index contributed by atoms with van der Waals surface area (Å²) in [4.78, 5) is 38.9. The van der Waals surface area contributed by atoms with E-state index < -0.39 is 12.0 Å². The number of benzene rings is 1. The van der Waals surface area contributed by atoms with Crippen molar-refractivity contribution in [2.75, 3.05) is 18.0 Å². The van der Waals surface area contributed by atoms with Crippen LogP contribution in [0, 0.1) is 0 Å². The molecule has 1 unspecified atom stereocenters. The van der Waals surface area contributed by atoms with Gasteiger partial charge in [-0.25, -0.2) is 4.79 Å². The van der Waals surface area contributed by atoms with Crippen LogP contribution in [0.1, 0.15) is 38.3 Å². The molecule has 2 fully saturated rings. The van der Waals surface area contributed by atoms with E-state index in [2.05, 4.69) is 15.3 Å². The Labute approximate surface area is 168 Å². The molecule has 3 heterocycles. The molecule has 1 aromatic carbocycles. The largest absolute Gasteiger partial charge is 0.465 e. The molecule has 0 bridgehead atoms. The van der Waals surface area contributed by atoms with Crippen molar-refractivity contribution in [2.24, 2.45) is 7.05 Å². The highest BCUT2D eigenvalue weighted by Gasteiger charge is 2.34. The zero-order valence-electron chi connectivity index (χ0n) is 16.8. The fraction of sp³-hybridized carbons (Fsp3) is 0.500. The fourth-order valence-electron chi connectivity index (χ4n) is 4.59. The molecule has 2 N–H and O–H groups in total. The van der Waals surface area contributed by atoms with Gasteiger partial charge >= 0.3 is 6.09 Å². The number of carbonyl (C=O) groups excluding carboxylic acids is 2. The first-order chi connectivity index (χ1) is 13.8. The van der Waals surface area contributed by atoms with Gasteiger partial charge in [0.05, 0.1) is 29.2 Å². The van der Waals surface area contributed by atoms with E-state index in [0.29, 0.717) is 31.6 Å². The van der Waals surface area contributed by atoms with Crippen molar-refractivity contribution in [3.8, 4) is 0 Å². The topological polar surface area (TPSA) is 108 Å². The fourth-order valence-corrected chi connectivity index (χ4v) is 4.59. The predicted octanol–water partition coefficient (Wildman–Crippen LogP) is 1.67. The Hall–Kier alpha value is -3.10. The minimum atomic E-state index is -0.888. The van der Waals surface area contributed by atoms with Crippen molar-refractivity contribution in [2.45, 2.75) is 44.7 Å². The molecule has 9 heteroatoms. The number of nitrogens with one attached hydrogen (secondary N) is 1. The van der Waals surface area contributed by atoms with Gasteiger partial charge in [-0.3, -0.25) is 24.5 Å². The molecule has 29 heavy (non-hydrogen) atoms. The normalized spacial score (nSPS) is 25.4. The van der Waals surface area contributed by atoms with Crippen LogP contribution in [0.5, 0.6) is 0 Å². The van der Waals surface area contributed by atoms with Gasteiger partial charge in [-0.05, 0) is 38.5 Å². The lowest BCUT2D eigenvalue weighted by Gasteiger charge is -2.43. The molecule has 2 aliphatic rings. The minimum Gasteiger partial charge on any atom is -0.465 e. The average molecular weight is 399 g/mol. The molecule has 9 nitrogen and oxygen atoms in total. The number of aryl methyl sites for hydroxylation is 1. The van der Waals surface area contributed by atoms with E-state index in [9.17, 15) is 19.5 Å². The molecule has 3 atom stereocenters. The minimum absolute atomic E-state index is 0.113. The van der Waals surface area contributed by atoms with Crippen LogP contribution >= 0.6 is 0 Å². The molecule has 0 spiro atoms. The van der Waals surface area contributed by atoms with Gasteiger partial charge in [0.2, 0.25) is 11.8 Å². The van der Waals surface area contributed by atoms with Crippen LogP contribution in [0.15, 0.2) is 18.2 Å². The van der Waals surface area contributed by atoms with Crippen molar-refractivity contribution in [3.05, 3.63) is 23.9 Å². The molecule has 0 saturated carbocycles. The van der Waals surface area contributed by atoms with Gasteiger partial charge in [0.1, 0.15) is 0 Å². The van der Waals surface area contributed by atoms with Gasteiger partial charge in [0.25, 0.3) is 0 Å². The van der Waals surface area contributed by atoms with E-state index in [0.717, 1.165) is 16.6 Å². The summed E-state index contributed by atoms with van der Waals surface area (Å²) in [6.07, 6.45) is -0.110. The number of piperidine rings is 1. The predicted molar refractivity (Wildman–Crippen MR) is 107 cm³/mol. The second-order valence-corrected chi connectivity index (χ2v) is 8.01. The van der Waals surface area contributed by atoms with Crippen LogP contribution in [0.3, 0.4) is 0 Å². The monoisotopic (exact) mass is 399 g/mol. The van der Waals surface area contributed by atoms with Crippen LogP contribution < -0.4 is 10.2 Å². The first-order valence-electron chi connectivity index (χ1n) is 9.82. The van der Waals surface area contributed by atoms with E-state index in [-0.39, 0.29) is 23.9 Å². The maximum absolute atomic E-state index is 12.3. The van der Waals surface area contributed by atoms with Crippen LogP contribution in [0.25, 0.3) is 10.9 Å². The first-order valence-corrected chi connectivity index (χ1v) is 9.82. The van der Waals surface area contributed by atoms with Gasteiger partial charge < -0.3 is 10.0 Å². The van der Waals surface area contributed by atoms with Crippen molar-refractivity contribution in [1.29, 1.82) is 0 Å². The molecule has 2 aliphatic heterocycles. The summed E-state index contributed by atoms with van der Waals surface area (Å²) < 4.78 is 1.76. The molecular weight excluding hydrogens is 374 g/mol. The highest BCUT2D eigenvalue weighted by atomic mass is 16.4. The number of rotatable bonds is 2. The molecule has 1 aromatic heterocycles.